The first-order valence-corrected chi connectivity index (χ1v) is 8.98. The van der Waals surface area contributed by atoms with Crippen LogP contribution in [0.2, 0.25) is 0 Å². The van der Waals surface area contributed by atoms with Gasteiger partial charge in [0.05, 0.1) is 0 Å². The van der Waals surface area contributed by atoms with E-state index in [2.05, 4.69) is 19.9 Å². The number of aromatic nitrogens is 4. The molecule has 4 heterocycles. The van der Waals surface area contributed by atoms with Crippen molar-refractivity contribution in [1.29, 1.82) is 0 Å². The Morgan fingerprint density at radius 3 is 0.730 bits per heavy atom. The van der Waals surface area contributed by atoms with Crippen molar-refractivity contribution >= 4 is 0 Å². The minimum absolute atomic E-state index is 0. The molecule has 0 aliphatic carbocycles. The predicted molar refractivity (Wildman–Crippen MR) is 122 cm³/mol. The molecular formula is C22H28Cl2N4O8Pd. The van der Waals surface area contributed by atoms with Crippen molar-refractivity contribution in [2.45, 2.75) is 11.6 Å². The molecule has 0 spiro atoms. The van der Waals surface area contributed by atoms with Crippen LogP contribution < -0.4 is 24.8 Å². The van der Waals surface area contributed by atoms with Crippen molar-refractivity contribution in [2.24, 2.45) is 0 Å². The molecular weight excluding hydrogens is 626 g/mol. The quantitative estimate of drug-likeness (QED) is 0.121. The van der Waals surface area contributed by atoms with E-state index < -0.39 is 11.6 Å². The molecule has 0 aromatic carbocycles. The molecule has 208 valence electrons. The van der Waals surface area contributed by atoms with Crippen molar-refractivity contribution in [3.8, 4) is 0 Å². The van der Waals surface area contributed by atoms with E-state index in [0.29, 0.717) is 0 Å². The summed E-state index contributed by atoms with van der Waals surface area (Å²) in [5.74, 6) is -4.27. The van der Waals surface area contributed by atoms with Crippen LogP contribution in [0, 0.1) is 0 Å². The first-order chi connectivity index (χ1) is 14.4. The zero-order valence-corrected chi connectivity index (χ0v) is 22.0. The Balaban J connectivity index is -0.000000155. The number of aliphatic hydroxyl groups is 4. The van der Waals surface area contributed by atoms with Crippen molar-refractivity contribution in [2.75, 3.05) is 0 Å². The van der Waals surface area contributed by atoms with Crippen molar-refractivity contribution < 1.29 is 87.6 Å². The van der Waals surface area contributed by atoms with E-state index in [4.69, 9.17) is 0 Å². The molecule has 0 saturated heterocycles. The van der Waals surface area contributed by atoms with Gasteiger partial charge in [-0.1, -0.05) is 24.3 Å². The van der Waals surface area contributed by atoms with E-state index in [1.807, 2.05) is 0 Å². The number of hydrogen-bond acceptors (Lipinski definition) is 8. The van der Waals surface area contributed by atoms with E-state index in [9.17, 15) is 20.4 Å². The Bertz CT molecular complexity index is 889. The number of nitrogens with zero attached hydrogens (tertiary/aromatic N) is 4. The van der Waals surface area contributed by atoms with Crippen LogP contribution in [0.1, 0.15) is 22.8 Å². The van der Waals surface area contributed by atoms with Gasteiger partial charge in [-0.15, -0.1) is 0 Å². The molecule has 0 aliphatic rings. The molecule has 12 nitrogen and oxygen atoms in total. The standard InChI is InChI=1S/2C11H10N2O2.2ClH.4H2O.Pd/c2*14-11(15,9-5-1-3-7-12-9)10-6-2-4-8-13-10;;;;;;;/h2*1-8,14-15H;2*1H;4*1H2;/q;;;;;;;;+2/p-2. The summed E-state index contributed by atoms with van der Waals surface area (Å²) >= 11 is 0. The molecule has 0 saturated carbocycles. The summed E-state index contributed by atoms with van der Waals surface area (Å²) in [6.07, 6.45) is 6.00. The first kappa shape index (κ1) is 44.5. The van der Waals surface area contributed by atoms with E-state index in [0.717, 1.165) is 0 Å². The van der Waals surface area contributed by atoms with Gasteiger partial charge in [0, 0.05) is 24.8 Å². The summed E-state index contributed by atoms with van der Waals surface area (Å²) in [5, 5.41) is 39.6. The summed E-state index contributed by atoms with van der Waals surface area (Å²) in [6.45, 7) is 0. The van der Waals surface area contributed by atoms with Gasteiger partial charge in [-0.2, -0.15) is 0 Å². The maximum atomic E-state index is 9.89. The van der Waals surface area contributed by atoms with Crippen LogP contribution in [-0.2, 0) is 32.0 Å². The van der Waals surface area contributed by atoms with Gasteiger partial charge in [-0.25, -0.2) is 0 Å². The molecule has 0 atom stereocenters. The van der Waals surface area contributed by atoms with Gasteiger partial charge in [0.25, 0.3) is 11.6 Å². The minimum Gasteiger partial charge on any atom is -1.00 e. The number of halogens is 2. The van der Waals surface area contributed by atoms with Gasteiger partial charge >= 0.3 is 20.4 Å². The van der Waals surface area contributed by atoms with E-state index in [1.54, 1.807) is 48.5 Å². The van der Waals surface area contributed by atoms with Crippen LogP contribution in [0.5, 0.6) is 0 Å². The maximum absolute atomic E-state index is 9.89. The molecule has 12 N–H and O–H groups in total. The van der Waals surface area contributed by atoms with Gasteiger partial charge in [0.15, 0.2) is 0 Å². The minimum atomic E-state index is -2.14. The third-order valence-electron chi connectivity index (χ3n) is 4.09. The normalized spacial score (nSPS) is 9.19. The predicted octanol–water partition coefficient (Wildman–Crippen LogP) is -7.97. The molecule has 0 unspecified atom stereocenters. The van der Waals surface area contributed by atoms with Crippen molar-refractivity contribution in [3.63, 3.8) is 0 Å². The summed E-state index contributed by atoms with van der Waals surface area (Å²) in [5.41, 5.74) is 0.625. The van der Waals surface area contributed by atoms with Crippen LogP contribution in [0.4, 0.5) is 0 Å². The van der Waals surface area contributed by atoms with Gasteiger partial charge in [0.1, 0.15) is 22.8 Å². The molecule has 0 fully saturated rings. The smallest absolute Gasteiger partial charge is 1.00 e. The molecule has 37 heavy (non-hydrogen) atoms. The summed E-state index contributed by atoms with van der Waals surface area (Å²) < 4.78 is 0. The van der Waals surface area contributed by atoms with E-state index >= 15 is 0 Å². The molecule has 0 bridgehead atoms. The zero-order chi connectivity index (χ0) is 21.5. The van der Waals surface area contributed by atoms with Crippen LogP contribution in [0.25, 0.3) is 0 Å². The molecule has 0 amide bonds. The third-order valence-corrected chi connectivity index (χ3v) is 4.09. The summed E-state index contributed by atoms with van der Waals surface area (Å²) in [4.78, 5) is 15.5. The summed E-state index contributed by atoms with van der Waals surface area (Å²) in [7, 11) is 0. The average Bonchev–Trinajstić information content (AvgIpc) is 2.82. The average molecular weight is 654 g/mol. The largest absolute Gasteiger partial charge is 2.00 e. The third kappa shape index (κ3) is 11.6. The first-order valence-electron chi connectivity index (χ1n) is 8.98. The van der Waals surface area contributed by atoms with Gasteiger partial charge < -0.3 is 67.1 Å². The van der Waals surface area contributed by atoms with E-state index in [-0.39, 0.29) is 89.9 Å². The van der Waals surface area contributed by atoms with Crippen LogP contribution >= 0.6 is 0 Å². The van der Waals surface area contributed by atoms with Crippen LogP contribution in [0.3, 0.4) is 0 Å². The topological polar surface area (TPSA) is 258 Å². The van der Waals surface area contributed by atoms with Gasteiger partial charge in [0.2, 0.25) is 0 Å². The second-order valence-electron chi connectivity index (χ2n) is 6.20. The Morgan fingerprint density at radius 2 is 0.595 bits per heavy atom. The molecule has 4 aromatic heterocycles. The SMILES string of the molecule is O.O.O.O.OC(O)(c1ccccn1)c1ccccn1.OC(O)(c1ccccn1)c1ccccn1.[Cl-].[Cl-].[Pd+2]. The maximum Gasteiger partial charge on any atom is 2.00 e. The number of hydrogen-bond donors (Lipinski definition) is 4. The Labute approximate surface area is 238 Å². The van der Waals surface area contributed by atoms with Crippen LogP contribution in [-0.4, -0.2) is 62.3 Å². The van der Waals surface area contributed by atoms with Gasteiger partial charge in [-0.3, -0.25) is 19.9 Å². The summed E-state index contributed by atoms with van der Waals surface area (Å²) in [6, 6.07) is 19.7. The molecule has 4 rings (SSSR count). The van der Waals surface area contributed by atoms with Gasteiger partial charge in [-0.05, 0) is 48.5 Å². The van der Waals surface area contributed by atoms with Crippen LogP contribution in [0.15, 0.2) is 97.6 Å². The fourth-order valence-corrected chi connectivity index (χ4v) is 2.54. The fourth-order valence-electron chi connectivity index (χ4n) is 2.54. The molecule has 0 aliphatic heterocycles. The fraction of sp³-hybridized carbons (Fsp3) is 0.0909. The second-order valence-corrected chi connectivity index (χ2v) is 6.20. The second kappa shape index (κ2) is 20.6. The Kier molecular flexibility index (Phi) is 24.7. The molecule has 0 radical (unpaired) electrons. The van der Waals surface area contributed by atoms with Crippen molar-refractivity contribution in [1.82, 2.24) is 19.9 Å². The zero-order valence-electron chi connectivity index (χ0n) is 18.9. The Morgan fingerprint density at radius 1 is 0.405 bits per heavy atom. The number of rotatable bonds is 4. The number of pyridine rings is 4. The van der Waals surface area contributed by atoms with E-state index in [1.165, 1.54) is 49.1 Å². The monoisotopic (exact) mass is 652 g/mol. The molecule has 4 aromatic rings. The molecule has 15 heteroatoms. The Hall–Kier alpha value is -2.48. The van der Waals surface area contributed by atoms with Crippen molar-refractivity contribution in [3.05, 3.63) is 120 Å².